The molecule has 8 heavy (non-hydrogen) atoms. The Morgan fingerprint density at radius 2 is 2.12 bits per heavy atom. The predicted molar refractivity (Wildman–Crippen MR) is 35.0 cm³/mol. The van der Waals surface area contributed by atoms with Crippen LogP contribution in [-0.2, 0) is 0 Å². The first-order valence-electron chi connectivity index (χ1n) is 2.72. The number of rotatable bonds is 1. The molecule has 0 aromatic rings. The highest BCUT2D eigenvalue weighted by atomic mass is 35.5. The normalized spacial score (nSPS) is 35.2. The number of hydrogen-bond donors (Lipinski definition) is 2. The molecule has 1 rings (SSSR count). The zero-order chi connectivity index (χ0) is 5.28. The summed E-state index contributed by atoms with van der Waals surface area (Å²) in [6.07, 6.45) is 2.00. The summed E-state index contributed by atoms with van der Waals surface area (Å²) in [6, 6.07) is 0. The van der Waals surface area contributed by atoms with Gasteiger partial charge in [-0.3, -0.25) is 0 Å². The molecule has 3 heteroatoms. The Balaban J connectivity index is 0.000000490. The second-order valence-electron chi connectivity index (χ2n) is 2.14. The minimum Gasteiger partial charge on any atom is -0.393 e. The van der Waals surface area contributed by atoms with E-state index in [9.17, 15) is 0 Å². The number of halogens is 1. The summed E-state index contributed by atoms with van der Waals surface area (Å²) in [4.78, 5) is 0. The van der Waals surface area contributed by atoms with E-state index in [0.29, 0.717) is 12.5 Å². The molecular weight excluding hydrogens is 126 g/mol. The van der Waals surface area contributed by atoms with Crippen LogP contribution < -0.4 is 5.73 Å². The van der Waals surface area contributed by atoms with Crippen LogP contribution in [0.25, 0.3) is 0 Å². The van der Waals surface area contributed by atoms with Gasteiger partial charge in [-0.25, -0.2) is 0 Å². The van der Waals surface area contributed by atoms with Crippen molar-refractivity contribution in [3.63, 3.8) is 0 Å². The summed E-state index contributed by atoms with van der Waals surface area (Å²) in [5.74, 6) is 0.417. The van der Waals surface area contributed by atoms with Crippen molar-refractivity contribution < 1.29 is 5.11 Å². The summed E-state index contributed by atoms with van der Waals surface area (Å²) < 4.78 is 0. The highest BCUT2D eigenvalue weighted by molar-refractivity contribution is 5.85. The van der Waals surface area contributed by atoms with Crippen molar-refractivity contribution in [2.24, 2.45) is 11.7 Å². The van der Waals surface area contributed by atoms with Gasteiger partial charge in [0.2, 0.25) is 0 Å². The molecule has 0 unspecified atom stereocenters. The molecule has 0 spiro atoms. The minimum atomic E-state index is -0.0787. The lowest BCUT2D eigenvalue weighted by Crippen LogP contribution is -2.36. The highest BCUT2D eigenvalue weighted by Gasteiger charge is 2.26. The van der Waals surface area contributed by atoms with Gasteiger partial charge < -0.3 is 10.8 Å². The van der Waals surface area contributed by atoms with Gasteiger partial charge in [-0.15, -0.1) is 12.4 Å². The standard InChI is InChI=1S/C5H11NO.ClH/c6-3-4-1-2-5(4)7;/h4-5,7H,1-3,6H2;1H/t4-,5+;/m0./s1. The molecule has 1 aliphatic carbocycles. The fourth-order valence-corrected chi connectivity index (χ4v) is 0.826. The quantitative estimate of drug-likeness (QED) is 0.540. The Kier molecular flexibility index (Phi) is 3.36. The zero-order valence-electron chi connectivity index (χ0n) is 4.71. The van der Waals surface area contributed by atoms with Gasteiger partial charge in [0.05, 0.1) is 6.10 Å². The molecule has 0 bridgehead atoms. The van der Waals surface area contributed by atoms with E-state index in [1.807, 2.05) is 0 Å². The third kappa shape index (κ3) is 1.34. The van der Waals surface area contributed by atoms with E-state index in [2.05, 4.69) is 0 Å². The van der Waals surface area contributed by atoms with Crippen molar-refractivity contribution in [3.8, 4) is 0 Å². The fraction of sp³-hybridized carbons (Fsp3) is 1.00. The second kappa shape index (κ2) is 3.28. The number of aliphatic hydroxyl groups is 1. The molecule has 0 aromatic carbocycles. The average molecular weight is 138 g/mol. The van der Waals surface area contributed by atoms with Crippen molar-refractivity contribution in [2.75, 3.05) is 6.54 Å². The molecule has 50 valence electrons. The van der Waals surface area contributed by atoms with Gasteiger partial charge in [0.1, 0.15) is 0 Å². The molecule has 1 fully saturated rings. The SMILES string of the molecule is Cl.NC[C@@H]1CC[C@H]1O. The molecule has 1 aliphatic rings. The van der Waals surface area contributed by atoms with Gasteiger partial charge in [-0.2, -0.15) is 0 Å². The van der Waals surface area contributed by atoms with E-state index < -0.39 is 0 Å². The third-order valence-corrected chi connectivity index (χ3v) is 1.68. The van der Waals surface area contributed by atoms with Crippen molar-refractivity contribution in [1.82, 2.24) is 0 Å². The maximum absolute atomic E-state index is 8.83. The van der Waals surface area contributed by atoms with E-state index in [1.54, 1.807) is 0 Å². The summed E-state index contributed by atoms with van der Waals surface area (Å²) in [6.45, 7) is 0.654. The van der Waals surface area contributed by atoms with Crippen LogP contribution in [0, 0.1) is 5.92 Å². The minimum absolute atomic E-state index is 0. The Morgan fingerprint density at radius 3 is 2.12 bits per heavy atom. The maximum atomic E-state index is 8.83. The van der Waals surface area contributed by atoms with Crippen LogP contribution in [0.4, 0.5) is 0 Å². The van der Waals surface area contributed by atoms with Crippen LogP contribution in [0.2, 0.25) is 0 Å². The summed E-state index contributed by atoms with van der Waals surface area (Å²) in [7, 11) is 0. The lowest BCUT2D eigenvalue weighted by atomic mass is 9.82. The summed E-state index contributed by atoms with van der Waals surface area (Å²) in [5, 5.41) is 8.83. The van der Waals surface area contributed by atoms with Crippen LogP contribution in [0.1, 0.15) is 12.8 Å². The molecule has 0 aliphatic heterocycles. The van der Waals surface area contributed by atoms with Crippen molar-refractivity contribution in [3.05, 3.63) is 0 Å². The maximum Gasteiger partial charge on any atom is 0.0580 e. The van der Waals surface area contributed by atoms with E-state index in [1.165, 1.54) is 0 Å². The molecule has 0 aromatic heterocycles. The topological polar surface area (TPSA) is 46.2 Å². The summed E-state index contributed by atoms with van der Waals surface area (Å²) >= 11 is 0. The van der Waals surface area contributed by atoms with Crippen molar-refractivity contribution >= 4 is 12.4 Å². The molecular formula is C5H12ClNO. The molecule has 0 saturated heterocycles. The van der Waals surface area contributed by atoms with Crippen LogP contribution in [0.5, 0.6) is 0 Å². The Labute approximate surface area is 55.5 Å². The molecule has 0 heterocycles. The van der Waals surface area contributed by atoms with Gasteiger partial charge in [0, 0.05) is 0 Å². The molecule has 3 N–H and O–H groups in total. The average Bonchev–Trinajstić information content (AvgIpc) is 1.65. The first kappa shape index (κ1) is 8.21. The zero-order valence-corrected chi connectivity index (χ0v) is 5.53. The lowest BCUT2D eigenvalue weighted by molar-refractivity contribution is 0.0292. The van der Waals surface area contributed by atoms with E-state index in [-0.39, 0.29) is 18.5 Å². The van der Waals surface area contributed by atoms with E-state index in [0.717, 1.165) is 12.8 Å². The number of hydrogen-bond acceptors (Lipinski definition) is 2. The van der Waals surface area contributed by atoms with Gasteiger partial charge in [0.25, 0.3) is 0 Å². The van der Waals surface area contributed by atoms with Crippen LogP contribution in [-0.4, -0.2) is 17.8 Å². The molecule has 1 saturated carbocycles. The largest absolute Gasteiger partial charge is 0.393 e. The van der Waals surface area contributed by atoms with E-state index >= 15 is 0 Å². The van der Waals surface area contributed by atoms with Crippen molar-refractivity contribution in [1.29, 1.82) is 0 Å². The Morgan fingerprint density at radius 1 is 1.50 bits per heavy atom. The van der Waals surface area contributed by atoms with Gasteiger partial charge in [-0.1, -0.05) is 0 Å². The van der Waals surface area contributed by atoms with Crippen LogP contribution in [0.3, 0.4) is 0 Å². The van der Waals surface area contributed by atoms with E-state index in [4.69, 9.17) is 10.8 Å². The summed E-state index contributed by atoms with van der Waals surface area (Å²) in [5.41, 5.74) is 5.26. The van der Waals surface area contributed by atoms with Crippen molar-refractivity contribution in [2.45, 2.75) is 18.9 Å². The molecule has 2 nitrogen and oxygen atoms in total. The number of nitrogens with two attached hydrogens (primary N) is 1. The Bertz CT molecular complexity index is 67.4. The first-order valence-corrected chi connectivity index (χ1v) is 2.72. The van der Waals surface area contributed by atoms with Crippen LogP contribution in [0.15, 0.2) is 0 Å². The Hall–Kier alpha value is 0.210. The molecule has 0 radical (unpaired) electrons. The van der Waals surface area contributed by atoms with Gasteiger partial charge >= 0.3 is 0 Å². The molecule has 0 amide bonds. The predicted octanol–water partition coefficient (Wildman–Crippen LogP) is 0.138. The third-order valence-electron chi connectivity index (χ3n) is 1.68. The highest BCUT2D eigenvalue weighted by Crippen LogP contribution is 2.25. The lowest BCUT2D eigenvalue weighted by Gasteiger charge is -2.30. The van der Waals surface area contributed by atoms with Crippen LogP contribution >= 0.6 is 12.4 Å². The number of aliphatic hydroxyl groups excluding tert-OH is 1. The smallest absolute Gasteiger partial charge is 0.0580 e. The fourth-order valence-electron chi connectivity index (χ4n) is 0.826. The van der Waals surface area contributed by atoms with Gasteiger partial charge in [0.15, 0.2) is 0 Å². The first-order chi connectivity index (χ1) is 3.34. The molecule has 2 atom stereocenters. The van der Waals surface area contributed by atoms with Gasteiger partial charge in [-0.05, 0) is 25.3 Å². The second-order valence-corrected chi connectivity index (χ2v) is 2.14. The monoisotopic (exact) mass is 137 g/mol.